The van der Waals surface area contributed by atoms with Crippen LogP contribution in [-0.4, -0.2) is 35.1 Å². The zero-order valence-electron chi connectivity index (χ0n) is 17.2. The van der Waals surface area contributed by atoms with Crippen molar-refractivity contribution in [1.29, 1.82) is 0 Å². The average Bonchev–Trinajstić information content (AvgIpc) is 3.51. The molecule has 9 heteroatoms. The summed E-state index contributed by atoms with van der Waals surface area (Å²) in [5, 5.41) is 10.7. The van der Waals surface area contributed by atoms with Gasteiger partial charge in [-0.25, -0.2) is 9.69 Å². The van der Waals surface area contributed by atoms with Crippen LogP contribution < -0.4 is 4.90 Å². The molecule has 2 aliphatic carbocycles. The predicted molar refractivity (Wildman–Crippen MR) is 114 cm³/mol. The van der Waals surface area contributed by atoms with Crippen molar-refractivity contribution in [2.75, 3.05) is 11.5 Å². The minimum Gasteiger partial charge on any atom is -0.454 e. The molecule has 0 aromatic heterocycles. The Labute approximate surface area is 187 Å². The summed E-state index contributed by atoms with van der Waals surface area (Å²) in [5.41, 5.74) is 0.419. The molecule has 5 rings (SSSR count). The minimum atomic E-state index is -0.784. The second-order valence-electron chi connectivity index (χ2n) is 8.37. The fourth-order valence-corrected chi connectivity index (χ4v) is 5.00. The van der Waals surface area contributed by atoms with E-state index in [2.05, 4.69) is 0 Å². The van der Waals surface area contributed by atoms with Crippen LogP contribution in [0.3, 0.4) is 0 Å². The van der Waals surface area contributed by atoms with Gasteiger partial charge in [0.1, 0.15) is 0 Å². The van der Waals surface area contributed by atoms with E-state index < -0.39 is 23.3 Å². The maximum atomic E-state index is 13.0. The number of nitrogens with zero attached hydrogens (tertiary/aromatic N) is 2. The molecule has 2 aromatic rings. The number of fused-ring (bicyclic) bond motifs is 5. The largest absolute Gasteiger partial charge is 0.454 e. The lowest BCUT2D eigenvalue weighted by atomic mass is 9.85. The number of Topliss-reactive ketones (excluding diaryl/α,β-unsaturated/α-hetero) is 1. The number of hydrogen-bond donors (Lipinski definition) is 0. The molecule has 1 heterocycles. The number of nitro groups is 1. The summed E-state index contributed by atoms with van der Waals surface area (Å²) < 4.78 is 5.09. The predicted octanol–water partition coefficient (Wildman–Crippen LogP) is 2.95. The Balaban J connectivity index is 1.27. The third kappa shape index (κ3) is 3.42. The summed E-state index contributed by atoms with van der Waals surface area (Å²) >= 11 is 0. The molecular weight excluding hydrogens is 428 g/mol. The fourth-order valence-electron chi connectivity index (χ4n) is 5.00. The molecule has 33 heavy (non-hydrogen) atoms. The Morgan fingerprint density at radius 3 is 2.21 bits per heavy atom. The zero-order chi connectivity index (χ0) is 23.3. The Morgan fingerprint density at radius 1 is 0.970 bits per heavy atom. The first-order chi connectivity index (χ1) is 15.8. The van der Waals surface area contributed by atoms with E-state index in [0.29, 0.717) is 5.69 Å². The number of allylic oxidation sites excluding steroid dienone is 2. The van der Waals surface area contributed by atoms with Crippen molar-refractivity contribution in [3.8, 4) is 0 Å². The second kappa shape index (κ2) is 7.77. The van der Waals surface area contributed by atoms with Crippen molar-refractivity contribution in [3.05, 3.63) is 81.9 Å². The van der Waals surface area contributed by atoms with Crippen LogP contribution in [0.15, 0.2) is 60.7 Å². The lowest BCUT2D eigenvalue weighted by Gasteiger charge is -2.18. The van der Waals surface area contributed by atoms with Crippen molar-refractivity contribution in [2.24, 2.45) is 23.7 Å². The normalized spacial score (nSPS) is 24.8. The fraction of sp³-hybridized carbons (Fsp3) is 0.250. The van der Waals surface area contributed by atoms with Gasteiger partial charge in [0.05, 0.1) is 28.0 Å². The molecule has 2 aromatic carbocycles. The number of hydrogen-bond acceptors (Lipinski definition) is 7. The SMILES string of the molecule is O=C(COC(=O)c1cccc(N2C(=O)[C@@H]3[C@@H](C2=O)[C@H]2C=C[C@H]3C2)c1)c1ccc([N+](=O)[O-])cc1. The molecule has 0 unspecified atom stereocenters. The molecule has 2 fully saturated rings. The number of carbonyl (C=O) groups excluding carboxylic acids is 4. The third-order valence-corrected chi connectivity index (χ3v) is 6.54. The Morgan fingerprint density at radius 2 is 1.61 bits per heavy atom. The first-order valence-electron chi connectivity index (χ1n) is 10.5. The highest BCUT2D eigenvalue weighted by atomic mass is 16.6. The number of nitro benzene ring substituents is 1. The number of imide groups is 1. The summed E-state index contributed by atoms with van der Waals surface area (Å²) in [6, 6.07) is 11.0. The number of non-ortho nitro benzene ring substituents is 1. The molecule has 9 nitrogen and oxygen atoms in total. The molecule has 2 bridgehead atoms. The number of rotatable bonds is 6. The van der Waals surface area contributed by atoms with Gasteiger partial charge >= 0.3 is 5.97 Å². The maximum Gasteiger partial charge on any atom is 0.338 e. The van der Waals surface area contributed by atoms with Gasteiger partial charge in [-0.05, 0) is 48.6 Å². The molecule has 0 spiro atoms. The number of ketones is 1. The third-order valence-electron chi connectivity index (χ3n) is 6.54. The Kier molecular flexibility index (Phi) is 4.88. The summed E-state index contributed by atoms with van der Waals surface area (Å²) in [5.74, 6) is -2.32. The van der Waals surface area contributed by atoms with E-state index in [9.17, 15) is 29.3 Å². The van der Waals surface area contributed by atoms with Gasteiger partial charge in [0.15, 0.2) is 12.4 Å². The van der Waals surface area contributed by atoms with E-state index in [0.717, 1.165) is 11.3 Å². The second-order valence-corrected chi connectivity index (χ2v) is 8.37. The quantitative estimate of drug-likeness (QED) is 0.167. The monoisotopic (exact) mass is 446 g/mol. The highest BCUT2D eigenvalue weighted by Gasteiger charge is 2.59. The molecular formula is C24H18N2O7. The summed E-state index contributed by atoms with van der Waals surface area (Å²) in [6.07, 6.45) is 4.85. The van der Waals surface area contributed by atoms with Crippen molar-refractivity contribution < 1.29 is 28.8 Å². The summed E-state index contributed by atoms with van der Waals surface area (Å²) in [4.78, 5) is 62.0. The van der Waals surface area contributed by atoms with Gasteiger partial charge in [-0.2, -0.15) is 0 Å². The van der Waals surface area contributed by atoms with Gasteiger partial charge in [-0.3, -0.25) is 24.5 Å². The van der Waals surface area contributed by atoms with Gasteiger partial charge < -0.3 is 4.74 Å². The van der Waals surface area contributed by atoms with E-state index >= 15 is 0 Å². The molecule has 4 atom stereocenters. The first kappa shape index (κ1) is 20.7. The molecule has 1 aliphatic heterocycles. The van der Waals surface area contributed by atoms with E-state index in [1.54, 1.807) is 12.1 Å². The van der Waals surface area contributed by atoms with Crippen LogP contribution in [0.2, 0.25) is 0 Å². The van der Waals surface area contributed by atoms with Crippen LogP contribution in [-0.2, 0) is 14.3 Å². The van der Waals surface area contributed by atoms with Crippen LogP contribution >= 0.6 is 0 Å². The van der Waals surface area contributed by atoms with Crippen LogP contribution in [0, 0.1) is 33.8 Å². The summed E-state index contributed by atoms with van der Waals surface area (Å²) in [6.45, 7) is -0.554. The van der Waals surface area contributed by atoms with Crippen LogP contribution in [0.1, 0.15) is 27.1 Å². The Bertz CT molecular complexity index is 1200. The molecule has 2 amide bonds. The first-order valence-corrected chi connectivity index (χ1v) is 10.5. The van der Waals surface area contributed by atoms with Crippen molar-refractivity contribution >= 4 is 34.9 Å². The van der Waals surface area contributed by atoms with Gasteiger partial charge in [0.2, 0.25) is 11.8 Å². The zero-order valence-corrected chi connectivity index (χ0v) is 17.2. The van der Waals surface area contributed by atoms with Gasteiger partial charge in [0, 0.05) is 17.7 Å². The van der Waals surface area contributed by atoms with Crippen molar-refractivity contribution in [1.82, 2.24) is 0 Å². The number of benzene rings is 2. The summed E-state index contributed by atoms with van der Waals surface area (Å²) in [7, 11) is 0. The van der Waals surface area contributed by atoms with Crippen LogP contribution in [0.25, 0.3) is 0 Å². The number of anilines is 1. The van der Waals surface area contributed by atoms with E-state index in [1.807, 2.05) is 12.2 Å². The number of ether oxygens (including phenoxy) is 1. The molecule has 0 radical (unpaired) electrons. The van der Waals surface area contributed by atoms with E-state index in [1.165, 1.54) is 36.4 Å². The topological polar surface area (TPSA) is 124 Å². The number of amides is 2. The lowest BCUT2D eigenvalue weighted by Crippen LogP contribution is -2.33. The highest BCUT2D eigenvalue weighted by Crippen LogP contribution is 2.53. The maximum absolute atomic E-state index is 13.0. The van der Waals surface area contributed by atoms with E-state index in [-0.39, 0.29) is 52.3 Å². The van der Waals surface area contributed by atoms with Gasteiger partial charge in [-0.1, -0.05) is 18.2 Å². The molecule has 166 valence electrons. The van der Waals surface area contributed by atoms with Crippen molar-refractivity contribution in [3.63, 3.8) is 0 Å². The van der Waals surface area contributed by atoms with Crippen LogP contribution in [0.5, 0.6) is 0 Å². The molecule has 0 N–H and O–H groups in total. The standard InChI is InChI=1S/C24H18N2O7/c27-19(13-6-8-17(9-7-13)26(31)32)12-33-24(30)16-2-1-3-18(11-16)25-22(28)20-14-4-5-15(10-14)21(20)23(25)29/h1-9,11,14-15,20-21H,10,12H2/t14-,15-,20-,21-/m0/s1. The van der Waals surface area contributed by atoms with Gasteiger partial charge in [0.25, 0.3) is 5.69 Å². The molecule has 3 aliphatic rings. The van der Waals surface area contributed by atoms with E-state index in [4.69, 9.17) is 4.74 Å². The van der Waals surface area contributed by atoms with Crippen LogP contribution in [0.4, 0.5) is 11.4 Å². The smallest absolute Gasteiger partial charge is 0.338 e. The van der Waals surface area contributed by atoms with Gasteiger partial charge in [-0.15, -0.1) is 0 Å². The number of esters is 1. The highest BCUT2D eigenvalue weighted by molar-refractivity contribution is 6.23. The molecule has 1 saturated heterocycles. The minimum absolute atomic E-state index is 0.0834. The molecule has 1 saturated carbocycles. The Hall–Kier alpha value is -4.14. The lowest BCUT2D eigenvalue weighted by molar-refractivity contribution is -0.384. The number of carbonyl (C=O) groups is 4. The van der Waals surface area contributed by atoms with Crippen molar-refractivity contribution in [2.45, 2.75) is 6.42 Å². The average molecular weight is 446 g/mol.